The molecule has 5 rings (SSSR count). The molecule has 1 aliphatic heterocycles. The topological polar surface area (TPSA) is 129 Å². The number of hydrogen-bond acceptors (Lipinski definition) is 10. The monoisotopic (exact) mass is 618 g/mol. The average molecular weight is 619 g/mol. The van der Waals surface area contributed by atoms with Crippen molar-refractivity contribution in [2.24, 2.45) is 5.92 Å². The van der Waals surface area contributed by atoms with Crippen LogP contribution in [-0.2, 0) is 15.4 Å². The number of benzene rings is 2. The third-order valence-corrected chi connectivity index (χ3v) is 8.68. The van der Waals surface area contributed by atoms with Crippen molar-refractivity contribution in [3.63, 3.8) is 0 Å². The molecule has 232 valence electrons. The number of likely N-dealkylation sites (tertiary alicyclic amines) is 1. The van der Waals surface area contributed by atoms with E-state index in [0.29, 0.717) is 18.1 Å². The minimum absolute atomic E-state index is 0.00627. The van der Waals surface area contributed by atoms with Gasteiger partial charge in [-0.15, -0.1) is 0 Å². The maximum Gasteiger partial charge on any atom is 0.263 e. The number of hydrogen-bond donors (Lipinski definition) is 1. The number of anilines is 1. The van der Waals surface area contributed by atoms with Crippen molar-refractivity contribution in [2.75, 3.05) is 38.6 Å². The maximum absolute atomic E-state index is 13.8. The molecule has 1 atom stereocenters. The Morgan fingerprint density at radius 2 is 1.66 bits per heavy atom. The van der Waals surface area contributed by atoms with E-state index >= 15 is 0 Å². The van der Waals surface area contributed by atoms with Gasteiger partial charge in [-0.1, -0.05) is 45.0 Å². The zero-order valence-electron chi connectivity index (χ0n) is 25.6. The fourth-order valence-corrected chi connectivity index (χ4v) is 5.95. The highest BCUT2D eigenvalue weighted by molar-refractivity contribution is 7.92. The molecular weight excluding hydrogens is 580 g/mol. The number of aromatic nitrogens is 4. The van der Waals surface area contributed by atoms with Gasteiger partial charge in [0.05, 0.1) is 18.6 Å². The molecule has 0 radical (unpaired) electrons. The molecule has 1 unspecified atom stereocenters. The van der Waals surface area contributed by atoms with Crippen molar-refractivity contribution in [1.82, 2.24) is 24.8 Å². The number of nitrogens with zero attached hydrogens (tertiary/aromatic N) is 5. The van der Waals surface area contributed by atoms with Gasteiger partial charge in [-0.05, 0) is 67.7 Å². The smallest absolute Gasteiger partial charge is 0.263 e. The summed E-state index contributed by atoms with van der Waals surface area (Å²) in [5, 5.41) is 0. The SMILES string of the molecule is COc1ccccc1Oc1c(NS(=O)(=O)c2ccc(C(C)(C)C)cc2)nc(-c2ncccn2)nc1OCC1CCCN(C)C1. The van der Waals surface area contributed by atoms with Crippen LogP contribution in [-0.4, -0.2) is 67.1 Å². The van der Waals surface area contributed by atoms with Crippen molar-refractivity contribution >= 4 is 15.8 Å². The summed E-state index contributed by atoms with van der Waals surface area (Å²) in [5.74, 6) is 1.23. The molecule has 44 heavy (non-hydrogen) atoms. The van der Waals surface area contributed by atoms with Gasteiger partial charge in [0.2, 0.25) is 11.6 Å². The summed E-state index contributed by atoms with van der Waals surface area (Å²) in [5.41, 5.74) is 0.869. The van der Waals surface area contributed by atoms with Crippen LogP contribution in [0.3, 0.4) is 0 Å². The molecule has 0 bridgehead atoms. The minimum Gasteiger partial charge on any atom is -0.493 e. The zero-order valence-corrected chi connectivity index (χ0v) is 26.5. The second kappa shape index (κ2) is 13.1. The summed E-state index contributed by atoms with van der Waals surface area (Å²) in [7, 11) is -0.513. The number of para-hydroxylation sites is 2. The highest BCUT2D eigenvalue weighted by Gasteiger charge is 2.27. The highest BCUT2D eigenvalue weighted by Crippen LogP contribution is 2.41. The standard InChI is InChI=1S/C32H38N6O5S/c1-32(2,3)23-13-15-24(16-14-23)44(39,40)37-28-27(43-26-12-7-6-11-25(26)41-5)31(42-21-22-10-8-19-38(4)20-22)36-30(35-28)29-33-17-9-18-34-29/h6-7,9,11-18,22H,8,10,19-21H2,1-5H3,(H,35,36,37). The van der Waals surface area contributed by atoms with E-state index in [0.717, 1.165) is 31.5 Å². The molecule has 0 saturated carbocycles. The van der Waals surface area contributed by atoms with Gasteiger partial charge in [-0.25, -0.2) is 23.4 Å². The van der Waals surface area contributed by atoms with Crippen LogP contribution >= 0.6 is 0 Å². The first kappa shape index (κ1) is 31.1. The maximum atomic E-state index is 13.8. The molecule has 1 N–H and O–H groups in total. The van der Waals surface area contributed by atoms with E-state index in [2.05, 4.69) is 57.4 Å². The fraction of sp³-hybridized carbons (Fsp3) is 0.375. The Balaban J connectivity index is 1.60. The zero-order chi connectivity index (χ0) is 31.3. The van der Waals surface area contributed by atoms with Crippen LogP contribution in [0.2, 0.25) is 0 Å². The molecule has 2 aromatic heterocycles. The number of piperidine rings is 1. The molecule has 4 aromatic rings. The molecule has 1 aliphatic rings. The Morgan fingerprint density at radius 1 is 0.955 bits per heavy atom. The quantitative estimate of drug-likeness (QED) is 0.241. The van der Waals surface area contributed by atoms with Crippen molar-refractivity contribution in [1.29, 1.82) is 0 Å². The third kappa shape index (κ3) is 7.43. The van der Waals surface area contributed by atoms with Gasteiger partial charge in [-0.3, -0.25) is 4.72 Å². The van der Waals surface area contributed by atoms with Crippen molar-refractivity contribution in [3.8, 4) is 34.8 Å². The normalized spacial score (nSPS) is 15.9. The number of rotatable bonds is 10. The van der Waals surface area contributed by atoms with Crippen LogP contribution in [0.15, 0.2) is 71.9 Å². The minimum atomic E-state index is -4.12. The summed E-state index contributed by atoms with van der Waals surface area (Å²) in [4.78, 5) is 20.1. The predicted octanol–water partition coefficient (Wildman–Crippen LogP) is 5.55. The molecule has 1 saturated heterocycles. The van der Waals surface area contributed by atoms with Gasteiger partial charge in [-0.2, -0.15) is 4.98 Å². The molecule has 12 heteroatoms. The number of ether oxygens (including phenoxy) is 3. The van der Waals surface area contributed by atoms with E-state index in [4.69, 9.17) is 14.2 Å². The number of nitrogens with one attached hydrogen (secondary N) is 1. The van der Waals surface area contributed by atoms with Gasteiger partial charge in [0.1, 0.15) is 0 Å². The van der Waals surface area contributed by atoms with Crippen LogP contribution in [0.25, 0.3) is 11.6 Å². The fourth-order valence-electron chi connectivity index (χ4n) is 4.94. The van der Waals surface area contributed by atoms with Gasteiger partial charge in [0, 0.05) is 24.9 Å². The van der Waals surface area contributed by atoms with E-state index in [1.165, 1.54) is 7.11 Å². The molecule has 11 nitrogen and oxygen atoms in total. The summed E-state index contributed by atoms with van der Waals surface area (Å²) in [6.07, 6.45) is 5.17. The highest BCUT2D eigenvalue weighted by atomic mass is 32.2. The number of sulfonamides is 1. The van der Waals surface area contributed by atoms with E-state index in [9.17, 15) is 8.42 Å². The van der Waals surface area contributed by atoms with Crippen LogP contribution in [0.4, 0.5) is 5.82 Å². The Labute approximate surface area is 258 Å². The van der Waals surface area contributed by atoms with Crippen LogP contribution < -0.4 is 18.9 Å². The van der Waals surface area contributed by atoms with Crippen molar-refractivity contribution in [3.05, 3.63) is 72.6 Å². The first-order valence-corrected chi connectivity index (χ1v) is 16.0. The molecule has 1 fully saturated rings. The molecule has 3 heterocycles. The summed E-state index contributed by atoms with van der Waals surface area (Å²) < 4.78 is 48.3. The van der Waals surface area contributed by atoms with Crippen LogP contribution in [0.5, 0.6) is 23.1 Å². The summed E-state index contributed by atoms with van der Waals surface area (Å²) >= 11 is 0. The van der Waals surface area contributed by atoms with Gasteiger partial charge < -0.3 is 19.1 Å². The summed E-state index contributed by atoms with van der Waals surface area (Å²) in [6.45, 7) is 8.45. The first-order valence-electron chi connectivity index (χ1n) is 14.5. The Hall–Kier alpha value is -4.29. The average Bonchev–Trinajstić information content (AvgIpc) is 3.01. The lowest BCUT2D eigenvalue weighted by Gasteiger charge is -2.29. The van der Waals surface area contributed by atoms with Crippen LogP contribution in [0.1, 0.15) is 39.2 Å². The Morgan fingerprint density at radius 3 is 2.32 bits per heavy atom. The molecule has 0 aliphatic carbocycles. The van der Waals surface area contributed by atoms with E-state index < -0.39 is 10.0 Å². The molecule has 2 aromatic carbocycles. The third-order valence-electron chi connectivity index (χ3n) is 7.32. The Bertz CT molecular complexity index is 1680. The van der Waals surface area contributed by atoms with Gasteiger partial charge in [0.15, 0.2) is 23.1 Å². The molecular formula is C32H38N6O5S. The van der Waals surface area contributed by atoms with E-state index in [-0.39, 0.29) is 45.3 Å². The molecule has 0 amide bonds. The van der Waals surface area contributed by atoms with E-state index in [1.807, 2.05) is 0 Å². The number of methoxy groups -OCH3 is 1. The largest absolute Gasteiger partial charge is 0.493 e. The van der Waals surface area contributed by atoms with Crippen molar-refractivity contribution < 1.29 is 22.6 Å². The van der Waals surface area contributed by atoms with Gasteiger partial charge in [0.25, 0.3) is 15.9 Å². The van der Waals surface area contributed by atoms with E-state index in [1.54, 1.807) is 67.0 Å². The first-order chi connectivity index (χ1) is 21.0. The lowest BCUT2D eigenvalue weighted by molar-refractivity contribution is 0.145. The van der Waals surface area contributed by atoms with Crippen molar-refractivity contribution in [2.45, 2.75) is 43.9 Å². The van der Waals surface area contributed by atoms with Gasteiger partial charge >= 0.3 is 0 Å². The second-order valence-electron chi connectivity index (χ2n) is 11.8. The lowest BCUT2D eigenvalue weighted by Crippen LogP contribution is -2.34. The summed E-state index contributed by atoms with van der Waals surface area (Å²) in [6, 6.07) is 15.5. The van der Waals surface area contributed by atoms with Crippen LogP contribution in [0, 0.1) is 5.92 Å². The molecule has 0 spiro atoms. The lowest BCUT2D eigenvalue weighted by atomic mass is 9.87. The predicted molar refractivity (Wildman–Crippen MR) is 168 cm³/mol. The second-order valence-corrected chi connectivity index (χ2v) is 13.5. The Kier molecular flexibility index (Phi) is 9.31.